The van der Waals surface area contributed by atoms with E-state index < -0.39 is 0 Å². The van der Waals surface area contributed by atoms with Crippen LogP contribution in [0.2, 0.25) is 0 Å². The molecule has 1 aromatic rings. The molecule has 0 aliphatic carbocycles. The van der Waals surface area contributed by atoms with Gasteiger partial charge >= 0.3 is 6.09 Å². The molecule has 2 heterocycles. The summed E-state index contributed by atoms with van der Waals surface area (Å²) in [6.07, 6.45) is 7.36. The first-order valence-corrected chi connectivity index (χ1v) is 10.6. The smallest absolute Gasteiger partial charge is 0.410 e. The van der Waals surface area contributed by atoms with Gasteiger partial charge in [-0.05, 0) is 50.0 Å². The minimum atomic E-state index is -0.209. The molecule has 0 saturated carbocycles. The fourth-order valence-electron chi connectivity index (χ4n) is 4.62. The van der Waals surface area contributed by atoms with Gasteiger partial charge in [-0.3, -0.25) is 4.79 Å². The van der Waals surface area contributed by atoms with E-state index in [4.69, 9.17) is 4.74 Å². The number of piperidine rings is 2. The SMILES string of the molecule is CC(C)CCCC(=O)C1CC2CCCC(C1)N2C(=O)OCc1ccccc1. The first-order chi connectivity index (χ1) is 13.0. The number of nitrogens with zero attached hydrogens (tertiary/aromatic N) is 1. The summed E-state index contributed by atoms with van der Waals surface area (Å²) < 4.78 is 5.59. The summed E-state index contributed by atoms with van der Waals surface area (Å²) >= 11 is 0. The Balaban J connectivity index is 1.54. The van der Waals surface area contributed by atoms with Gasteiger partial charge in [-0.25, -0.2) is 4.79 Å². The van der Waals surface area contributed by atoms with Gasteiger partial charge in [0.05, 0.1) is 0 Å². The Labute approximate surface area is 163 Å². The number of fused-ring (bicyclic) bond motifs is 2. The lowest BCUT2D eigenvalue weighted by Crippen LogP contribution is -2.55. The molecule has 4 heteroatoms. The highest BCUT2D eigenvalue weighted by molar-refractivity contribution is 5.81. The molecule has 27 heavy (non-hydrogen) atoms. The lowest BCUT2D eigenvalue weighted by molar-refractivity contribution is -0.126. The third kappa shape index (κ3) is 5.33. The number of carbonyl (C=O) groups is 2. The zero-order valence-corrected chi connectivity index (χ0v) is 16.7. The van der Waals surface area contributed by atoms with E-state index in [9.17, 15) is 9.59 Å². The summed E-state index contributed by atoms with van der Waals surface area (Å²) in [6, 6.07) is 10.1. The van der Waals surface area contributed by atoms with Crippen molar-refractivity contribution >= 4 is 11.9 Å². The molecule has 1 amide bonds. The number of hydrogen-bond donors (Lipinski definition) is 0. The van der Waals surface area contributed by atoms with Crippen LogP contribution in [0.5, 0.6) is 0 Å². The molecule has 0 aromatic heterocycles. The Morgan fingerprint density at radius 1 is 1.11 bits per heavy atom. The van der Waals surface area contributed by atoms with E-state index in [2.05, 4.69) is 13.8 Å². The molecule has 0 radical (unpaired) electrons. The van der Waals surface area contributed by atoms with E-state index in [-0.39, 0.29) is 24.1 Å². The number of benzene rings is 1. The number of ether oxygens (including phenoxy) is 1. The fourth-order valence-corrected chi connectivity index (χ4v) is 4.62. The number of rotatable bonds is 7. The minimum absolute atomic E-state index is 0.130. The zero-order chi connectivity index (χ0) is 19.2. The van der Waals surface area contributed by atoms with Crippen LogP contribution >= 0.6 is 0 Å². The molecule has 2 aliphatic rings. The summed E-state index contributed by atoms with van der Waals surface area (Å²) in [4.78, 5) is 27.3. The predicted molar refractivity (Wildman–Crippen MR) is 106 cm³/mol. The molecule has 2 atom stereocenters. The maximum absolute atomic E-state index is 12.7. The van der Waals surface area contributed by atoms with E-state index in [1.807, 2.05) is 35.2 Å². The van der Waals surface area contributed by atoms with E-state index in [1.165, 1.54) is 0 Å². The van der Waals surface area contributed by atoms with Crippen LogP contribution in [-0.4, -0.2) is 28.9 Å². The number of Topliss-reactive ketones (excluding diaryl/α,β-unsaturated/α-hetero) is 1. The van der Waals surface area contributed by atoms with Gasteiger partial charge in [0.25, 0.3) is 0 Å². The zero-order valence-electron chi connectivity index (χ0n) is 16.7. The van der Waals surface area contributed by atoms with Crippen molar-refractivity contribution in [3.63, 3.8) is 0 Å². The van der Waals surface area contributed by atoms with Crippen molar-refractivity contribution in [3.05, 3.63) is 35.9 Å². The maximum atomic E-state index is 12.7. The molecule has 2 bridgehead atoms. The van der Waals surface area contributed by atoms with Crippen molar-refractivity contribution in [2.45, 2.75) is 83.9 Å². The lowest BCUT2D eigenvalue weighted by Gasteiger charge is -2.47. The van der Waals surface area contributed by atoms with Gasteiger partial charge in [0, 0.05) is 24.4 Å². The predicted octanol–water partition coefficient (Wildman–Crippen LogP) is 5.35. The minimum Gasteiger partial charge on any atom is -0.445 e. The second-order valence-corrected chi connectivity index (χ2v) is 8.61. The van der Waals surface area contributed by atoms with Crippen LogP contribution in [0.4, 0.5) is 4.79 Å². The van der Waals surface area contributed by atoms with Crippen LogP contribution in [0.1, 0.15) is 70.8 Å². The monoisotopic (exact) mass is 371 g/mol. The maximum Gasteiger partial charge on any atom is 0.410 e. The van der Waals surface area contributed by atoms with Crippen molar-refractivity contribution in [1.82, 2.24) is 4.90 Å². The van der Waals surface area contributed by atoms with Gasteiger partial charge in [0.1, 0.15) is 12.4 Å². The second kappa shape index (κ2) is 9.38. The van der Waals surface area contributed by atoms with Crippen LogP contribution in [0.25, 0.3) is 0 Å². The van der Waals surface area contributed by atoms with Crippen molar-refractivity contribution in [3.8, 4) is 0 Å². The number of hydrogen-bond acceptors (Lipinski definition) is 3. The molecule has 2 aliphatic heterocycles. The summed E-state index contributed by atoms with van der Waals surface area (Å²) in [6.45, 7) is 4.72. The number of amides is 1. The third-order valence-electron chi connectivity index (χ3n) is 6.05. The first kappa shape index (κ1) is 19.9. The van der Waals surface area contributed by atoms with Gasteiger partial charge < -0.3 is 9.64 Å². The molecular formula is C23H33NO3. The Morgan fingerprint density at radius 3 is 2.41 bits per heavy atom. The van der Waals surface area contributed by atoms with E-state index in [1.54, 1.807) is 0 Å². The number of ketones is 1. The van der Waals surface area contributed by atoms with E-state index >= 15 is 0 Å². The normalized spacial score (nSPS) is 24.7. The average Bonchev–Trinajstić information content (AvgIpc) is 2.65. The van der Waals surface area contributed by atoms with E-state index in [0.717, 1.165) is 50.5 Å². The largest absolute Gasteiger partial charge is 0.445 e. The van der Waals surface area contributed by atoms with Gasteiger partial charge in [-0.1, -0.05) is 50.6 Å². The summed E-state index contributed by atoms with van der Waals surface area (Å²) in [5.74, 6) is 1.19. The Hall–Kier alpha value is -1.84. The molecule has 2 saturated heterocycles. The average molecular weight is 372 g/mol. The van der Waals surface area contributed by atoms with Crippen molar-refractivity contribution < 1.29 is 14.3 Å². The van der Waals surface area contributed by atoms with Gasteiger partial charge in [-0.15, -0.1) is 0 Å². The topological polar surface area (TPSA) is 46.6 Å². The molecule has 3 rings (SSSR count). The van der Waals surface area contributed by atoms with Crippen LogP contribution in [0, 0.1) is 11.8 Å². The summed E-state index contributed by atoms with van der Waals surface area (Å²) in [7, 11) is 0. The molecule has 1 aromatic carbocycles. The summed E-state index contributed by atoms with van der Waals surface area (Å²) in [5.41, 5.74) is 1.01. The molecular weight excluding hydrogens is 338 g/mol. The van der Waals surface area contributed by atoms with Crippen molar-refractivity contribution in [2.24, 2.45) is 11.8 Å². The molecule has 2 unspecified atom stereocenters. The highest BCUT2D eigenvalue weighted by Gasteiger charge is 2.43. The van der Waals surface area contributed by atoms with Crippen LogP contribution < -0.4 is 0 Å². The van der Waals surface area contributed by atoms with Crippen LogP contribution in [0.3, 0.4) is 0 Å². The molecule has 4 nitrogen and oxygen atoms in total. The Morgan fingerprint density at radius 2 is 1.78 bits per heavy atom. The van der Waals surface area contributed by atoms with Gasteiger partial charge in [-0.2, -0.15) is 0 Å². The second-order valence-electron chi connectivity index (χ2n) is 8.61. The molecule has 0 N–H and O–H groups in total. The summed E-state index contributed by atoms with van der Waals surface area (Å²) in [5, 5.41) is 0. The first-order valence-electron chi connectivity index (χ1n) is 10.6. The molecule has 2 fully saturated rings. The standard InChI is InChI=1S/C23H33NO3/c1-17(2)8-6-13-22(25)19-14-20-11-7-12-21(15-19)24(20)23(26)27-16-18-9-4-3-5-10-18/h3-5,9-10,17,19-21H,6-8,11-16H2,1-2H3. The lowest BCUT2D eigenvalue weighted by atomic mass is 9.76. The van der Waals surface area contributed by atoms with Crippen LogP contribution in [-0.2, 0) is 16.1 Å². The highest BCUT2D eigenvalue weighted by Crippen LogP contribution is 2.38. The van der Waals surface area contributed by atoms with Crippen LogP contribution in [0.15, 0.2) is 30.3 Å². The van der Waals surface area contributed by atoms with Crippen molar-refractivity contribution in [2.75, 3.05) is 0 Å². The highest BCUT2D eigenvalue weighted by atomic mass is 16.6. The van der Waals surface area contributed by atoms with Gasteiger partial charge in [0.2, 0.25) is 0 Å². The molecule has 0 spiro atoms. The van der Waals surface area contributed by atoms with Gasteiger partial charge in [0.15, 0.2) is 0 Å². The fraction of sp³-hybridized carbons (Fsp3) is 0.652. The third-order valence-corrected chi connectivity index (χ3v) is 6.05. The Bertz CT molecular complexity index is 614. The Kier molecular flexibility index (Phi) is 6.92. The van der Waals surface area contributed by atoms with E-state index in [0.29, 0.717) is 24.7 Å². The van der Waals surface area contributed by atoms with Crippen molar-refractivity contribution in [1.29, 1.82) is 0 Å². The molecule has 148 valence electrons. The quantitative estimate of drug-likeness (QED) is 0.649. The number of carbonyl (C=O) groups excluding carboxylic acids is 2.